The van der Waals surface area contributed by atoms with Crippen molar-refractivity contribution in [3.8, 4) is 0 Å². The van der Waals surface area contributed by atoms with Gasteiger partial charge in [-0.1, -0.05) is 32.3 Å². The van der Waals surface area contributed by atoms with E-state index in [0.717, 1.165) is 12.2 Å². The molecule has 0 heterocycles. The summed E-state index contributed by atoms with van der Waals surface area (Å²) in [6, 6.07) is 7.67. The minimum absolute atomic E-state index is 0.260. The van der Waals surface area contributed by atoms with Crippen molar-refractivity contribution in [2.75, 3.05) is 18.5 Å². The molecule has 1 aromatic rings. The van der Waals surface area contributed by atoms with Gasteiger partial charge in [-0.2, -0.15) is 0 Å². The molecular formula is C18H29NO2. The molecule has 0 radical (unpaired) electrons. The van der Waals surface area contributed by atoms with Gasteiger partial charge in [0.25, 0.3) is 0 Å². The summed E-state index contributed by atoms with van der Waals surface area (Å²) in [5, 5.41) is 0. The second-order valence-corrected chi connectivity index (χ2v) is 6.53. The lowest BCUT2D eigenvalue weighted by molar-refractivity contribution is 0.00696. The number of hydrogen-bond donors (Lipinski definition) is 0. The molecule has 3 nitrogen and oxygen atoms in total. The summed E-state index contributed by atoms with van der Waals surface area (Å²) in [7, 11) is 2.07. The molecule has 0 aliphatic rings. The first-order valence-electron chi connectivity index (χ1n) is 7.88. The molecule has 0 saturated carbocycles. The van der Waals surface area contributed by atoms with E-state index in [1.54, 1.807) is 0 Å². The Morgan fingerprint density at radius 3 is 2.52 bits per heavy atom. The summed E-state index contributed by atoms with van der Waals surface area (Å²) in [4.78, 5) is 14.3. The molecule has 0 aliphatic heterocycles. The van der Waals surface area contributed by atoms with Gasteiger partial charge < -0.3 is 9.64 Å². The summed E-state index contributed by atoms with van der Waals surface area (Å²) in [5.74, 6) is -0.260. The zero-order valence-corrected chi connectivity index (χ0v) is 14.1. The molecule has 0 unspecified atom stereocenters. The van der Waals surface area contributed by atoms with E-state index in [1.807, 2.05) is 45.0 Å². The molecule has 1 aromatic carbocycles. The fraction of sp³-hybridized carbons (Fsp3) is 0.611. The van der Waals surface area contributed by atoms with E-state index >= 15 is 0 Å². The van der Waals surface area contributed by atoms with Gasteiger partial charge in [0, 0.05) is 19.3 Å². The van der Waals surface area contributed by atoms with Crippen LogP contribution in [0.3, 0.4) is 0 Å². The lowest BCUT2D eigenvalue weighted by Gasteiger charge is -2.22. The van der Waals surface area contributed by atoms with Crippen molar-refractivity contribution in [2.45, 2.75) is 59.0 Å². The summed E-state index contributed by atoms with van der Waals surface area (Å²) < 4.78 is 5.41. The molecule has 0 bridgehead atoms. The molecular weight excluding hydrogens is 262 g/mol. The van der Waals surface area contributed by atoms with Crippen molar-refractivity contribution in [2.24, 2.45) is 0 Å². The Hall–Kier alpha value is -1.51. The minimum Gasteiger partial charge on any atom is -0.456 e. The third-order valence-electron chi connectivity index (χ3n) is 3.27. The van der Waals surface area contributed by atoms with E-state index in [0.29, 0.717) is 5.56 Å². The summed E-state index contributed by atoms with van der Waals surface area (Å²) >= 11 is 0. The Balaban J connectivity index is 2.65. The fourth-order valence-electron chi connectivity index (χ4n) is 2.11. The Labute approximate surface area is 129 Å². The third kappa shape index (κ3) is 6.65. The third-order valence-corrected chi connectivity index (χ3v) is 3.27. The monoisotopic (exact) mass is 291 g/mol. The average molecular weight is 291 g/mol. The van der Waals surface area contributed by atoms with E-state index in [1.165, 1.54) is 25.7 Å². The number of hydrogen-bond acceptors (Lipinski definition) is 3. The van der Waals surface area contributed by atoms with Crippen molar-refractivity contribution >= 4 is 11.7 Å². The first kappa shape index (κ1) is 17.5. The van der Waals surface area contributed by atoms with Crippen LogP contribution in [0.25, 0.3) is 0 Å². The van der Waals surface area contributed by atoms with Crippen LogP contribution in [0, 0.1) is 0 Å². The predicted octanol–water partition coefficient (Wildman–Crippen LogP) is 4.66. The van der Waals surface area contributed by atoms with Crippen LogP contribution >= 0.6 is 0 Å². The number of carbonyl (C=O) groups is 1. The lowest BCUT2D eigenvalue weighted by atomic mass is 10.1. The molecule has 21 heavy (non-hydrogen) atoms. The largest absolute Gasteiger partial charge is 0.456 e. The minimum atomic E-state index is -0.459. The number of carbonyl (C=O) groups excluding carboxylic acids is 1. The Kier molecular flexibility index (Phi) is 6.73. The molecule has 0 N–H and O–H groups in total. The van der Waals surface area contributed by atoms with Crippen molar-refractivity contribution in [3.05, 3.63) is 29.8 Å². The van der Waals surface area contributed by atoms with Gasteiger partial charge in [-0.05, 0) is 45.4 Å². The number of benzene rings is 1. The highest BCUT2D eigenvalue weighted by Gasteiger charge is 2.18. The van der Waals surface area contributed by atoms with Gasteiger partial charge in [-0.15, -0.1) is 0 Å². The SMILES string of the molecule is CCCCCCN(C)c1cccc(C(=O)OC(C)(C)C)c1. The number of rotatable bonds is 7. The van der Waals surface area contributed by atoms with E-state index < -0.39 is 5.60 Å². The summed E-state index contributed by atoms with van der Waals surface area (Å²) in [6.45, 7) is 8.88. The first-order valence-corrected chi connectivity index (χ1v) is 7.88. The smallest absolute Gasteiger partial charge is 0.338 e. The molecule has 0 aliphatic carbocycles. The molecule has 0 atom stereocenters. The fourth-order valence-corrected chi connectivity index (χ4v) is 2.11. The Morgan fingerprint density at radius 1 is 1.19 bits per heavy atom. The molecule has 0 fully saturated rings. The molecule has 0 spiro atoms. The highest BCUT2D eigenvalue weighted by atomic mass is 16.6. The summed E-state index contributed by atoms with van der Waals surface area (Å²) in [6.07, 6.45) is 4.97. The van der Waals surface area contributed by atoms with E-state index in [9.17, 15) is 4.79 Å². The maximum absolute atomic E-state index is 12.1. The van der Waals surface area contributed by atoms with Gasteiger partial charge in [0.2, 0.25) is 0 Å². The quantitative estimate of drug-likeness (QED) is 0.540. The van der Waals surface area contributed by atoms with E-state index in [-0.39, 0.29) is 5.97 Å². The van der Waals surface area contributed by atoms with Crippen LogP contribution in [0.1, 0.15) is 63.7 Å². The van der Waals surface area contributed by atoms with E-state index in [2.05, 4.69) is 18.9 Å². The van der Waals surface area contributed by atoms with Crippen molar-refractivity contribution in [1.29, 1.82) is 0 Å². The van der Waals surface area contributed by atoms with Crippen LogP contribution in [0.4, 0.5) is 5.69 Å². The highest BCUT2D eigenvalue weighted by molar-refractivity contribution is 5.90. The topological polar surface area (TPSA) is 29.5 Å². The number of ether oxygens (including phenoxy) is 1. The number of anilines is 1. The highest BCUT2D eigenvalue weighted by Crippen LogP contribution is 2.18. The predicted molar refractivity (Wildman–Crippen MR) is 89.0 cm³/mol. The number of nitrogens with zero attached hydrogens (tertiary/aromatic N) is 1. The first-order chi connectivity index (χ1) is 9.83. The molecule has 3 heteroatoms. The standard InChI is InChI=1S/C18H29NO2/c1-6-7-8-9-13-19(5)16-12-10-11-15(14-16)17(20)21-18(2,3)4/h10-12,14H,6-9,13H2,1-5H3. The van der Waals surface area contributed by atoms with Crippen LogP contribution in [-0.4, -0.2) is 25.2 Å². The van der Waals surface area contributed by atoms with Gasteiger partial charge in [0.15, 0.2) is 0 Å². The van der Waals surface area contributed by atoms with Gasteiger partial charge in [-0.3, -0.25) is 0 Å². The second-order valence-electron chi connectivity index (χ2n) is 6.53. The van der Waals surface area contributed by atoms with Gasteiger partial charge >= 0.3 is 5.97 Å². The van der Waals surface area contributed by atoms with Gasteiger partial charge in [-0.25, -0.2) is 4.79 Å². The zero-order valence-electron chi connectivity index (χ0n) is 14.1. The maximum Gasteiger partial charge on any atom is 0.338 e. The molecule has 1 rings (SSSR count). The molecule has 118 valence electrons. The normalized spacial score (nSPS) is 11.3. The van der Waals surface area contributed by atoms with Crippen LogP contribution in [-0.2, 0) is 4.74 Å². The van der Waals surface area contributed by atoms with Gasteiger partial charge in [0.05, 0.1) is 5.56 Å². The second kappa shape index (κ2) is 8.06. The average Bonchev–Trinajstić information content (AvgIpc) is 2.41. The van der Waals surface area contributed by atoms with E-state index in [4.69, 9.17) is 4.74 Å². The van der Waals surface area contributed by atoms with Gasteiger partial charge in [0.1, 0.15) is 5.60 Å². The number of unbranched alkanes of at least 4 members (excludes halogenated alkanes) is 3. The molecule has 0 amide bonds. The van der Waals surface area contributed by atoms with Crippen molar-refractivity contribution in [1.82, 2.24) is 0 Å². The Morgan fingerprint density at radius 2 is 1.90 bits per heavy atom. The maximum atomic E-state index is 12.1. The van der Waals surface area contributed by atoms with Crippen LogP contribution < -0.4 is 4.90 Å². The summed E-state index contributed by atoms with van der Waals surface area (Å²) in [5.41, 5.74) is 1.22. The Bertz CT molecular complexity index is 449. The van der Waals surface area contributed by atoms with Crippen LogP contribution in [0.2, 0.25) is 0 Å². The number of esters is 1. The van der Waals surface area contributed by atoms with Crippen molar-refractivity contribution < 1.29 is 9.53 Å². The van der Waals surface area contributed by atoms with Crippen LogP contribution in [0.5, 0.6) is 0 Å². The molecule has 0 aromatic heterocycles. The van der Waals surface area contributed by atoms with Crippen molar-refractivity contribution in [3.63, 3.8) is 0 Å². The molecule has 0 saturated heterocycles. The lowest BCUT2D eigenvalue weighted by Crippen LogP contribution is -2.24. The zero-order chi connectivity index (χ0) is 15.9. The van der Waals surface area contributed by atoms with Crippen LogP contribution in [0.15, 0.2) is 24.3 Å².